The van der Waals surface area contributed by atoms with Crippen molar-refractivity contribution in [2.45, 2.75) is 32.2 Å². The van der Waals surface area contributed by atoms with Crippen molar-refractivity contribution in [3.8, 4) is 5.75 Å². The lowest BCUT2D eigenvalue weighted by Gasteiger charge is -2.15. The quantitative estimate of drug-likeness (QED) is 0.568. The fraction of sp³-hybridized carbons (Fsp3) is 0.467. The molecule has 6 heteroatoms. The lowest BCUT2D eigenvalue weighted by molar-refractivity contribution is -0.137. The Labute approximate surface area is 124 Å². The molecule has 2 atom stereocenters. The summed E-state index contributed by atoms with van der Waals surface area (Å²) in [5.74, 6) is -0.836. The second kappa shape index (κ2) is 8.26. The minimum Gasteiger partial charge on any atom is -0.508 e. The summed E-state index contributed by atoms with van der Waals surface area (Å²) in [5, 5.41) is 20.5. The van der Waals surface area contributed by atoms with Crippen molar-refractivity contribution in [3.63, 3.8) is 0 Å². The van der Waals surface area contributed by atoms with E-state index in [1.807, 2.05) is 6.92 Å². The molecule has 0 spiro atoms. The Morgan fingerprint density at radius 1 is 1.29 bits per heavy atom. The number of carboxylic acids is 1. The molecule has 1 aromatic carbocycles. The van der Waals surface area contributed by atoms with Gasteiger partial charge in [0.1, 0.15) is 5.75 Å². The van der Waals surface area contributed by atoms with E-state index >= 15 is 0 Å². The standard InChI is InChI=1S/C15H22N2O4/c1-10(2-7-14(19)20)9-17-15(21)13(16)8-11-3-5-12(18)6-4-11/h3-6,10,13,18H,2,7-9,16H2,1H3,(H,17,21)(H,19,20). The molecule has 0 heterocycles. The number of nitrogens with one attached hydrogen (secondary N) is 1. The number of carbonyl (C=O) groups is 2. The molecule has 5 N–H and O–H groups in total. The average molecular weight is 294 g/mol. The lowest BCUT2D eigenvalue weighted by atomic mass is 10.0. The van der Waals surface area contributed by atoms with Gasteiger partial charge in [0, 0.05) is 13.0 Å². The predicted octanol–water partition coefficient (Wildman–Crippen LogP) is 0.879. The summed E-state index contributed by atoms with van der Waals surface area (Å²) < 4.78 is 0. The lowest BCUT2D eigenvalue weighted by Crippen LogP contribution is -2.43. The zero-order valence-electron chi connectivity index (χ0n) is 12.1. The van der Waals surface area contributed by atoms with Gasteiger partial charge in [-0.05, 0) is 36.5 Å². The van der Waals surface area contributed by atoms with Crippen molar-refractivity contribution in [1.29, 1.82) is 0 Å². The van der Waals surface area contributed by atoms with Crippen molar-refractivity contribution >= 4 is 11.9 Å². The van der Waals surface area contributed by atoms with E-state index in [1.165, 1.54) is 0 Å². The summed E-state index contributed by atoms with van der Waals surface area (Å²) in [6.07, 6.45) is 0.995. The van der Waals surface area contributed by atoms with E-state index in [4.69, 9.17) is 10.8 Å². The summed E-state index contributed by atoms with van der Waals surface area (Å²) in [4.78, 5) is 22.3. The normalized spacial score (nSPS) is 13.4. The second-order valence-corrected chi connectivity index (χ2v) is 5.26. The Kier molecular flexibility index (Phi) is 6.68. The van der Waals surface area contributed by atoms with Crippen LogP contribution in [0.25, 0.3) is 0 Å². The third kappa shape index (κ3) is 6.76. The van der Waals surface area contributed by atoms with Gasteiger partial charge in [0.2, 0.25) is 5.91 Å². The summed E-state index contributed by atoms with van der Waals surface area (Å²) in [7, 11) is 0. The second-order valence-electron chi connectivity index (χ2n) is 5.26. The largest absolute Gasteiger partial charge is 0.508 e. The van der Waals surface area contributed by atoms with Crippen LogP contribution in [0.4, 0.5) is 0 Å². The average Bonchev–Trinajstić information content (AvgIpc) is 2.44. The van der Waals surface area contributed by atoms with E-state index in [1.54, 1.807) is 24.3 Å². The van der Waals surface area contributed by atoms with Crippen LogP contribution in [0.1, 0.15) is 25.3 Å². The first-order valence-corrected chi connectivity index (χ1v) is 6.91. The van der Waals surface area contributed by atoms with Gasteiger partial charge >= 0.3 is 5.97 Å². The van der Waals surface area contributed by atoms with Crippen LogP contribution in [0.3, 0.4) is 0 Å². The van der Waals surface area contributed by atoms with E-state index in [-0.39, 0.29) is 24.0 Å². The van der Waals surface area contributed by atoms with E-state index in [0.717, 1.165) is 5.56 Å². The molecular weight excluding hydrogens is 272 g/mol. The van der Waals surface area contributed by atoms with E-state index in [9.17, 15) is 14.7 Å². The number of amides is 1. The maximum absolute atomic E-state index is 11.9. The minimum atomic E-state index is -0.836. The molecule has 6 nitrogen and oxygen atoms in total. The number of phenols is 1. The van der Waals surface area contributed by atoms with Gasteiger partial charge in [0.25, 0.3) is 0 Å². The molecule has 0 bridgehead atoms. The first kappa shape index (κ1) is 17.0. The number of rotatable bonds is 8. The van der Waals surface area contributed by atoms with Crippen LogP contribution in [0, 0.1) is 5.92 Å². The Morgan fingerprint density at radius 3 is 2.48 bits per heavy atom. The van der Waals surface area contributed by atoms with Gasteiger partial charge in [0.05, 0.1) is 6.04 Å². The Bertz CT molecular complexity index is 473. The van der Waals surface area contributed by atoms with E-state index < -0.39 is 12.0 Å². The van der Waals surface area contributed by atoms with Gasteiger partial charge in [-0.2, -0.15) is 0 Å². The molecule has 0 radical (unpaired) electrons. The highest BCUT2D eigenvalue weighted by Crippen LogP contribution is 2.11. The first-order valence-electron chi connectivity index (χ1n) is 6.91. The molecule has 0 saturated carbocycles. The first-order chi connectivity index (χ1) is 9.88. The molecule has 0 saturated heterocycles. The number of aliphatic carboxylic acids is 1. The Balaban J connectivity index is 2.34. The van der Waals surface area contributed by atoms with Crippen LogP contribution in [0.2, 0.25) is 0 Å². The number of hydrogen-bond donors (Lipinski definition) is 4. The van der Waals surface area contributed by atoms with Gasteiger partial charge in [-0.25, -0.2) is 0 Å². The van der Waals surface area contributed by atoms with Crippen LogP contribution in [0.15, 0.2) is 24.3 Å². The molecular formula is C15H22N2O4. The fourth-order valence-corrected chi connectivity index (χ4v) is 1.86. The van der Waals surface area contributed by atoms with Crippen molar-refractivity contribution < 1.29 is 19.8 Å². The van der Waals surface area contributed by atoms with Gasteiger partial charge in [-0.3, -0.25) is 9.59 Å². The van der Waals surface area contributed by atoms with Gasteiger partial charge < -0.3 is 21.3 Å². The molecule has 2 unspecified atom stereocenters. The molecule has 0 fully saturated rings. The molecule has 0 aliphatic rings. The van der Waals surface area contributed by atoms with Crippen LogP contribution < -0.4 is 11.1 Å². The fourth-order valence-electron chi connectivity index (χ4n) is 1.86. The molecule has 21 heavy (non-hydrogen) atoms. The molecule has 0 aromatic heterocycles. The number of carbonyl (C=O) groups excluding carboxylic acids is 1. The number of phenolic OH excluding ortho intramolecular Hbond substituents is 1. The minimum absolute atomic E-state index is 0.0888. The summed E-state index contributed by atoms with van der Waals surface area (Å²) in [6, 6.07) is 5.87. The van der Waals surface area contributed by atoms with Crippen molar-refractivity contribution in [2.75, 3.05) is 6.54 Å². The number of benzene rings is 1. The summed E-state index contributed by atoms with van der Waals surface area (Å²) in [6.45, 7) is 2.30. The van der Waals surface area contributed by atoms with Crippen molar-refractivity contribution in [2.24, 2.45) is 11.7 Å². The van der Waals surface area contributed by atoms with Gasteiger partial charge in [0.15, 0.2) is 0 Å². The zero-order valence-corrected chi connectivity index (χ0v) is 12.1. The van der Waals surface area contributed by atoms with Gasteiger partial charge in [-0.1, -0.05) is 19.1 Å². The predicted molar refractivity (Wildman–Crippen MR) is 78.8 cm³/mol. The van der Waals surface area contributed by atoms with Crippen LogP contribution in [-0.4, -0.2) is 34.7 Å². The van der Waals surface area contributed by atoms with E-state index in [2.05, 4.69) is 5.32 Å². The highest BCUT2D eigenvalue weighted by atomic mass is 16.4. The van der Waals surface area contributed by atoms with Crippen LogP contribution >= 0.6 is 0 Å². The van der Waals surface area contributed by atoms with Crippen LogP contribution in [0.5, 0.6) is 5.75 Å². The Hall–Kier alpha value is -2.08. The summed E-state index contributed by atoms with van der Waals surface area (Å²) >= 11 is 0. The number of aromatic hydroxyl groups is 1. The topological polar surface area (TPSA) is 113 Å². The summed E-state index contributed by atoms with van der Waals surface area (Å²) in [5.41, 5.74) is 6.70. The number of hydrogen-bond acceptors (Lipinski definition) is 4. The van der Waals surface area contributed by atoms with Crippen molar-refractivity contribution in [1.82, 2.24) is 5.32 Å². The molecule has 1 amide bonds. The molecule has 1 aromatic rings. The van der Waals surface area contributed by atoms with Gasteiger partial charge in [-0.15, -0.1) is 0 Å². The Morgan fingerprint density at radius 2 is 1.90 bits per heavy atom. The highest BCUT2D eigenvalue weighted by molar-refractivity contribution is 5.81. The zero-order chi connectivity index (χ0) is 15.8. The van der Waals surface area contributed by atoms with E-state index in [0.29, 0.717) is 19.4 Å². The SMILES string of the molecule is CC(CCC(=O)O)CNC(=O)C(N)Cc1ccc(O)cc1. The highest BCUT2D eigenvalue weighted by Gasteiger charge is 2.15. The van der Waals surface area contributed by atoms with Crippen molar-refractivity contribution in [3.05, 3.63) is 29.8 Å². The third-order valence-electron chi connectivity index (χ3n) is 3.20. The molecule has 1 rings (SSSR count). The smallest absolute Gasteiger partial charge is 0.303 e. The maximum Gasteiger partial charge on any atom is 0.303 e. The number of carboxylic acid groups (broad SMARTS) is 1. The number of nitrogens with two attached hydrogens (primary N) is 1. The molecule has 116 valence electrons. The van der Waals surface area contributed by atoms with Crippen LogP contribution in [-0.2, 0) is 16.0 Å². The molecule has 0 aliphatic carbocycles. The molecule has 0 aliphatic heterocycles. The monoisotopic (exact) mass is 294 g/mol. The third-order valence-corrected chi connectivity index (χ3v) is 3.20. The maximum atomic E-state index is 11.9.